The maximum atomic E-state index is 10.3. The highest BCUT2D eigenvalue weighted by atomic mass is 16.1. The first kappa shape index (κ1) is 1.97. The van der Waals surface area contributed by atoms with Crippen LogP contribution in [0.4, 0.5) is 0 Å². The molecule has 0 aliphatic heterocycles. The lowest BCUT2D eigenvalue weighted by molar-refractivity contribution is 0.112. The van der Waals surface area contributed by atoms with E-state index in [4.69, 9.17) is 5.48 Å². The van der Waals surface area contributed by atoms with Crippen LogP contribution in [-0.4, -0.2) is 11.3 Å². The molecule has 0 aliphatic rings. The van der Waals surface area contributed by atoms with Crippen LogP contribution in [-0.2, 0) is 0 Å². The molecule has 1 aromatic heterocycles. The van der Waals surface area contributed by atoms with Crippen molar-refractivity contribution in [3.63, 3.8) is 0 Å². The zero-order valence-electron chi connectivity index (χ0n) is 7.93. The van der Waals surface area contributed by atoms with E-state index in [2.05, 4.69) is 4.98 Å². The van der Waals surface area contributed by atoms with Gasteiger partial charge in [0.15, 0.2) is 6.29 Å². The molecule has 0 N–H and O–H groups in total. The predicted molar refractivity (Wildman–Crippen MR) is 29.6 cm³/mol. The molecule has 0 spiro atoms. The summed E-state index contributed by atoms with van der Waals surface area (Å²) in [5.41, 5.74) is -0.240. The first-order valence-electron chi connectivity index (χ1n) is 3.97. The van der Waals surface area contributed by atoms with Crippen molar-refractivity contribution in [2.45, 2.75) is 0 Å². The first-order chi connectivity index (χ1) is 5.57. The second kappa shape index (κ2) is 2.21. The Kier molecular flexibility index (Phi) is 0.545. The zero-order chi connectivity index (χ0) is 9.30. The van der Waals surface area contributed by atoms with E-state index in [9.17, 15) is 4.79 Å². The molecule has 8 heavy (non-hydrogen) atoms. The van der Waals surface area contributed by atoms with Crippen molar-refractivity contribution >= 4 is 6.29 Å². The molecule has 0 amide bonds. The molecule has 1 aromatic rings. The molecule has 40 valence electrons. The minimum absolute atomic E-state index is 0.240. The topological polar surface area (TPSA) is 30.0 Å². The van der Waals surface area contributed by atoms with E-state index in [1.807, 2.05) is 0 Å². The molecule has 0 bridgehead atoms. The second-order valence-electron chi connectivity index (χ2n) is 1.12. The third-order valence-electron chi connectivity index (χ3n) is 0.603. The highest BCUT2D eigenvalue weighted by Crippen LogP contribution is 1.87. The van der Waals surface area contributed by atoms with Crippen molar-refractivity contribution in [3.8, 4) is 0 Å². The minimum atomic E-state index is -0.449. The van der Waals surface area contributed by atoms with E-state index < -0.39 is 24.4 Å². The molecule has 0 saturated heterocycles. The van der Waals surface area contributed by atoms with Gasteiger partial charge >= 0.3 is 0 Å². The number of rotatable bonds is 1. The van der Waals surface area contributed by atoms with Crippen LogP contribution in [0.3, 0.4) is 0 Å². The third kappa shape index (κ3) is 0.904. The predicted octanol–water partition coefficient (Wildman–Crippen LogP) is 0.894. The van der Waals surface area contributed by atoms with E-state index in [1.165, 1.54) is 0 Å². The number of carbonyl (C=O) groups is 1. The fraction of sp³-hybridized carbons (Fsp3) is 0. The highest BCUT2D eigenvalue weighted by molar-refractivity contribution is 5.73. The summed E-state index contributed by atoms with van der Waals surface area (Å²) >= 11 is 0. The standard InChI is InChI=1S/C6H5NO/c8-5-6-2-1-3-7-4-6/h1-5H/i1D,2D,3D,4D. The molecule has 1 rings (SSSR count). The average Bonchev–Trinajstić information content (AvgIpc) is 2.01. The van der Waals surface area contributed by atoms with Crippen LogP contribution in [0.5, 0.6) is 0 Å². The molecule has 0 radical (unpaired) electrons. The quantitative estimate of drug-likeness (QED) is 0.504. The molecule has 0 aromatic carbocycles. The molecule has 2 nitrogen and oxygen atoms in total. The van der Waals surface area contributed by atoms with Gasteiger partial charge in [0.25, 0.3) is 0 Å². The fourth-order valence-electron chi connectivity index (χ4n) is 0.295. The van der Waals surface area contributed by atoms with Gasteiger partial charge in [-0.05, 0) is 12.1 Å². The van der Waals surface area contributed by atoms with E-state index in [-0.39, 0.29) is 5.56 Å². The van der Waals surface area contributed by atoms with Gasteiger partial charge in [-0.15, -0.1) is 0 Å². The Morgan fingerprint density at radius 2 is 2.75 bits per heavy atom. The number of hydrogen-bond acceptors (Lipinski definition) is 2. The van der Waals surface area contributed by atoms with Crippen molar-refractivity contribution in [2.24, 2.45) is 0 Å². The lowest BCUT2D eigenvalue weighted by atomic mass is 10.3. The van der Waals surface area contributed by atoms with Gasteiger partial charge in [-0.2, -0.15) is 0 Å². The number of carbonyl (C=O) groups excluding carboxylic acids is 1. The second-order valence-corrected chi connectivity index (χ2v) is 1.12. The van der Waals surface area contributed by atoms with E-state index >= 15 is 0 Å². The molecule has 1 heterocycles. The van der Waals surface area contributed by atoms with Crippen LogP contribution >= 0.6 is 0 Å². The Morgan fingerprint density at radius 1 is 1.88 bits per heavy atom. The van der Waals surface area contributed by atoms with Gasteiger partial charge in [0.1, 0.15) is 0 Å². The summed E-state index contributed by atoms with van der Waals surface area (Å²) in [5, 5.41) is 0. The van der Waals surface area contributed by atoms with Gasteiger partial charge in [0.05, 0.1) is 5.48 Å². The third-order valence-corrected chi connectivity index (χ3v) is 0.603. The fourth-order valence-corrected chi connectivity index (χ4v) is 0.295. The SMILES string of the molecule is [2H]c1nc([2H])c(C=O)c([2H])c1[2H]. The maximum absolute atomic E-state index is 10.3. The molecule has 0 fully saturated rings. The zero-order valence-corrected chi connectivity index (χ0v) is 3.93. The normalized spacial score (nSPS) is 15.5. The minimum Gasteiger partial charge on any atom is -0.298 e. The Hall–Kier alpha value is -1.18. The summed E-state index contributed by atoms with van der Waals surface area (Å²) in [4.78, 5) is 13.6. The average molecular weight is 111 g/mol. The molecular weight excluding hydrogens is 102 g/mol. The van der Waals surface area contributed by atoms with Crippen LogP contribution in [0.2, 0.25) is 0 Å². The van der Waals surface area contributed by atoms with Gasteiger partial charge in [-0.1, -0.05) is 0 Å². The van der Waals surface area contributed by atoms with Crippen LogP contribution in [0, 0.1) is 0 Å². The van der Waals surface area contributed by atoms with Gasteiger partial charge < -0.3 is 0 Å². The number of pyridine rings is 1. The van der Waals surface area contributed by atoms with Gasteiger partial charge in [0.2, 0.25) is 0 Å². The van der Waals surface area contributed by atoms with E-state index in [0.29, 0.717) is 6.29 Å². The van der Waals surface area contributed by atoms with Crippen LogP contribution in [0.1, 0.15) is 15.8 Å². The van der Waals surface area contributed by atoms with Crippen molar-refractivity contribution in [1.82, 2.24) is 4.98 Å². The number of hydrogen-bond donors (Lipinski definition) is 0. The van der Waals surface area contributed by atoms with Crippen LogP contribution in [0.15, 0.2) is 24.4 Å². The van der Waals surface area contributed by atoms with E-state index in [1.54, 1.807) is 0 Å². The van der Waals surface area contributed by atoms with Gasteiger partial charge in [-0.3, -0.25) is 9.78 Å². The highest BCUT2D eigenvalue weighted by Gasteiger charge is 1.81. The summed E-state index contributed by atoms with van der Waals surface area (Å²) in [6.45, 7) is 0. The number of aromatic nitrogens is 1. The molecule has 0 unspecified atom stereocenters. The smallest absolute Gasteiger partial charge is 0.151 e. The molecular formula is C6H5NO. The molecule has 2 heteroatoms. The van der Waals surface area contributed by atoms with Gasteiger partial charge in [-0.25, -0.2) is 0 Å². The Morgan fingerprint density at radius 3 is 3.50 bits per heavy atom. The summed E-state index contributed by atoms with van der Waals surface area (Å²) in [6.07, 6.45) is -0.568. The number of aldehydes is 1. The van der Waals surface area contributed by atoms with Crippen LogP contribution in [0.25, 0.3) is 0 Å². The number of nitrogens with zero attached hydrogens (tertiary/aromatic N) is 1. The maximum Gasteiger partial charge on any atom is 0.151 e. The lowest BCUT2D eigenvalue weighted by Crippen LogP contribution is -1.77. The largest absolute Gasteiger partial charge is 0.298 e. The Balaban J connectivity index is 3.51. The van der Waals surface area contributed by atoms with Gasteiger partial charge in [0, 0.05) is 17.9 Å². The molecule has 0 aliphatic carbocycles. The summed E-state index contributed by atoms with van der Waals surface area (Å²) in [7, 11) is 0. The van der Waals surface area contributed by atoms with E-state index in [0.717, 1.165) is 0 Å². The van der Waals surface area contributed by atoms with Crippen molar-refractivity contribution < 1.29 is 10.3 Å². The Bertz CT molecular complexity index is 339. The van der Waals surface area contributed by atoms with Crippen molar-refractivity contribution in [2.75, 3.05) is 0 Å². The monoisotopic (exact) mass is 111 g/mol. The molecule has 0 atom stereocenters. The van der Waals surface area contributed by atoms with Crippen LogP contribution < -0.4 is 0 Å². The first-order valence-corrected chi connectivity index (χ1v) is 1.97. The lowest BCUT2D eigenvalue weighted by Gasteiger charge is -1.81. The summed E-state index contributed by atoms with van der Waals surface area (Å²) < 4.78 is 28.4. The molecule has 0 saturated carbocycles. The summed E-state index contributed by atoms with van der Waals surface area (Å²) in [6, 6.07) is -0.830. The van der Waals surface area contributed by atoms with Crippen molar-refractivity contribution in [1.29, 1.82) is 0 Å². The van der Waals surface area contributed by atoms with Crippen molar-refractivity contribution in [3.05, 3.63) is 30.0 Å². The Labute approximate surface area is 52.8 Å². The summed E-state index contributed by atoms with van der Waals surface area (Å²) in [5.74, 6) is 0.